The molecule has 0 aromatic carbocycles. The molecule has 0 aliphatic heterocycles. The number of H-pyrrole nitrogens is 1. The molecule has 1 aromatic rings. The van der Waals surface area contributed by atoms with E-state index in [0.717, 1.165) is 11.8 Å². The normalized spacial score (nSPS) is 26.9. The van der Waals surface area contributed by atoms with E-state index < -0.39 is 0 Å². The van der Waals surface area contributed by atoms with Gasteiger partial charge in [-0.15, -0.1) is 0 Å². The summed E-state index contributed by atoms with van der Waals surface area (Å²) in [6.45, 7) is 2.35. The zero-order chi connectivity index (χ0) is 10.3. The molecule has 1 N–H and O–H groups in total. The van der Waals surface area contributed by atoms with Crippen LogP contribution >= 0.6 is 0 Å². The first-order chi connectivity index (χ1) is 7.33. The zero-order valence-electron chi connectivity index (χ0n) is 9.55. The van der Waals surface area contributed by atoms with E-state index in [9.17, 15) is 0 Å². The van der Waals surface area contributed by atoms with Crippen molar-refractivity contribution in [1.82, 2.24) is 9.97 Å². The van der Waals surface area contributed by atoms with Crippen molar-refractivity contribution in [3.8, 4) is 0 Å². The second-order valence-electron chi connectivity index (χ2n) is 5.38. The third-order valence-corrected chi connectivity index (χ3v) is 4.05. The molecule has 0 amide bonds. The molecule has 0 radical (unpaired) electrons. The van der Waals surface area contributed by atoms with Crippen LogP contribution < -0.4 is 0 Å². The van der Waals surface area contributed by atoms with Crippen molar-refractivity contribution in [2.24, 2.45) is 5.92 Å². The predicted molar refractivity (Wildman–Crippen MR) is 61.0 cm³/mol. The van der Waals surface area contributed by atoms with E-state index in [-0.39, 0.29) is 0 Å². The average molecular weight is 204 g/mol. The lowest BCUT2D eigenvalue weighted by atomic mass is 9.92. The average Bonchev–Trinajstić information content (AvgIpc) is 2.84. The highest BCUT2D eigenvalue weighted by Crippen LogP contribution is 2.34. The smallest absolute Gasteiger partial charge is 0.109 e. The Morgan fingerprint density at radius 2 is 2.00 bits per heavy atom. The number of hydrogen-bond acceptors (Lipinski definition) is 1. The van der Waals surface area contributed by atoms with Gasteiger partial charge in [-0.3, -0.25) is 0 Å². The standard InChI is InChI=1S/C13H20N2/c1-9-6-7-11-12(8-9)15-13(14-11)10-4-2-3-5-10/h9-10H,2-8H2,1H3,(H,14,15). The zero-order valence-corrected chi connectivity index (χ0v) is 9.55. The van der Waals surface area contributed by atoms with Gasteiger partial charge in [-0.2, -0.15) is 0 Å². The molecule has 1 heterocycles. The highest BCUT2D eigenvalue weighted by Gasteiger charge is 2.24. The van der Waals surface area contributed by atoms with Gasteiger partial charge in [0.2, 0.25) is 0 Å². The summed E-state index contributed by atoms with van der Waals surface area (Å²) in [5.74, 6) is 2.88. The van der Waals surface area contributed by atoms with E-state index >= 15 is 0 Å². The molecule has 1 unspecified atom stereocenters. The van der Waals surface area contributed by atoms with Crippen LogP contribution in [0, 0.1) is 5.92 Å². The molecular weight excluding hydrogens is 184 g/mol. The van der Waals surface area contributed by atoms with Crippen LogP contribution in [0.3, 0.4) is 0 Å². The molecule has 1 fully saturated rings. The Bertz CT molecular complexity index is 347. The summed E-state index contributed by atoms with van der Waals surface area (Å²) in [5, 5.41) is 0. The molecule has 82 valence electrons. The number of rotatable bonds is 1. The molecule has 0 saturated heterocycles. The van der Waals surface area contributed by atoms with Gasteiger partial charge in [0.1, 0.15) is 5.82 Å². The number of aromatic nitrogens is 2. The fraction of sp³-hybridized carbons (Fsp3) is 0.769. The van der Waals surface area contributed by atoms with Gasteiger partial charge in [-0.25, -0.2) is 4.98 Å². The number of nitrogens with one attached hydrogen (secondary N) is 1. The van der Waals surface area contributed by atoms with Gasteiger partial charge in [0, 0.05) is 11.6 Å². The maximum Gasteiger partial charge on any atom is 0.109 e. The quantitative estimate of drug-likeness (QED) is 0.747. The van der Waals surface area contributed by atoms with E-state index in [2.05, 4.69) is 11.9 Å². The van der Waals surface area contributed by atoms with Gasteiger partial charge in [0.25, 0.3) is 0 Å². The summed E-state index contributed by atoms with van der Waals surface area (Å²) in [6, 6.07) is 0. The molecule has 2 aliphatic carbocycles. The molecule has 0 spiro atoms. The van der Waals surface area contributed by atoms with Crippen molar-refractivity contribution in [2.45, 2.75) is 57.8 Å². The van der Waals surface area contributed by atoms with Crippen molar-refractivity contribution in [2.75, 3.05) is 0 Å². The number of nitrogens with zero attached hydrogens (tertiary/aromatic N) is 1. The summed E-state index contributed by atoms with van der Waals surface area (Å²) in [4.78, 5) is 8.41. The fourth-order valence-electron chi connectivity index (χ4n) is 3.07. The lowest BCUT2D eigenvalue weighted by molar-refractivity contribution is 0.491. The summed E-state index contributed by atoms with van der Waals surface area (Å²) in [6.07, 6.45) is 9.22. The Morgan fingerprint density at radius 1 is 1.20 bits per heavy atom. The minimum absolute atomic E-state index is 0.742. The maximum atomic E-state index is 4.81. The van der Waals surface area contributed by atoms with Crippen molar-refractivity contribution in [3.05, 3.63) is 17.2 Å². The monoisotopic (exact) mass is 204 g/mol. The summed E-state index contributed by atoms with van der Waals surface area (Å²) >= 11 is 0. The third kappa shape index (κ3) is 1.70. The van der Waals surface area contributed by atoms with Gasteiger partial charge in [-0.05, 0) is 38.0 Å². The Hall–Kier alpha value is -0.790. The van der Waals surface area contributed by atoms with Gasteiger partial charge >= 0.3 is 0 Å². The van der Waals surface area contributed by atoms with E-state index in [1.807, 2.05) is 0 Å². The summed E-state index contributed by atoms with van der Waals surface area (Å²) in [5.41, 5.74) is 2.81. The van der Waals surface area contributed by atoms with Gasteiger partial charge < -0.3 is 4.98 Å². The van der Waals surface area contributed by atoms with E-state index in [1.54, 1.807) is 0 Å². The number of aryl methyl sites for hydroxylation is 1. The van der Waals surface area contributed by atoms with E-state index in [4.69, 9.17) is 4.98 Å². The number of hydrogen-bond donors (Lipinski definition) is 1. The molecule has 2 heteroatoms. The highest BCUT2D eigenvalue weighted by molar-refractivity contribution is 5.20. The number of imidazole rings is 1. The topological polar surface area (TPSA) is 28.7 Å². The van der Waals surface area contributed by atoms with Crippen molar-refractivity contribution >= 4 is 0 Å². The van der Waals surface area contributed by atoms with Crippen LogP contribution in [-0.2, 0) is 12.8 Å². The predicted octanol–water partition coefficient (Wildman–Crippen LogP) is 3.19. The lowest BCUT2D eigenvalue weighted by Gasteiger charge is -2.15. The minimum Gasteiger partial charge on any atom is -0.345 e. The first-order valence-corrected chi connectivity index (χ1v) is 6.40. The molecule has 2 aliphatic rings. The van der Waals surface area contributed by atoms with Crippen LogP contribution in [0.1, 0.15) is 62.2 Å². The first kappa shape index (κ1) is 9.44. The van der Waals surface area contributed by atoms with Gasteiger partial charge in [-0.1, -0.05) is 19.8 Å². The first-order valence-electron chi connectivity index (χ1n) is 6.40. The largest absolute Gasteiger partial charge is 0.345 e. The molecular formula is C13H20N2. The Morgan fingerprint density at radius 3 is 2.80 bits per heavy atom. The molecule has 3 rings (SSSR count). The van der Waals surface area contributed by atoms with Crippen LogP contribution in [0.2, 0.25) is 0 Å². The van der Waals surface area contributed by atoms with Crippen molar-refractivity contribution in [3.63, 3.8) is 0 Å². The van der Waals surface area contributed by atoms with Crippen LogP contribution in [0.15, 0.2) is 0 Å². The minimum atomic E-state index is 0.742. The van der Waals surface area contributed by atoms with Gasteiger partial charge in [0.05, 0.1) is 5.69 Å². The molecule has 1 saturated carbocycles. The van der Waals surface area contributed by atoms with Crippen LogP contribution in [0.5, 0.6) is 0 Å². The van der Waals surface area contributed by atoms with Crippen LogP contribution in [-0.4, -0.2) is 9.97 Å². The lowest BCUT2D eigenvalue weighted by Crippen LogP contribution is -2.10. The van der Waals surface area contributed by atoms with Crippen molar-refractivity contribution in [1.29, 1.82) is 0 Å². The van der Waals surface area contributed by atoms with Crippen LogP contribution in [0.4, 0.5) is 0 Å². The fourth-order valence-corrected chi connectivity index (χ4v) is 3.07. The van der Waals surface area contributed by atoms with E-state index in [0.29, 0.717) is 0 Å². The third-order valence-electron chi connectivity index (χ3n) is 4.05. The molecule has 0 bridgehead atoms. The Balaban J connectivity index is 1.85. The van der Waals surface area contributed by atoms with Gasteiger partial charge in [0.15, 0.2) is 0 Å². The molecule has 15 heavy (non-hydrogen) atoms. The highest BCUT2D eigenvalue weighted by atomic mass is 14.9. The molecule has 1 aromatic heterocycles. The van der Waals surface area contributed by atoms with E-state index in [1.165, 1.54) is 62.2 Å². The number of aromatic amines is 1. The SMILES string of the molecule is CC1CCc2nc(C3CCCC3)[nH]c2C1. The summed E-state index contributed by atoms with van der Waals surface area (Å²) < 4.78 is 0. The second-order valence-corrected chi connectivity index (χ2v) is 5.38. The maximum absolute atomic E-state index is 4.81. The number of fused-ring (bicyclic) bond motifs is 1. The Labute approximate surface area is 91.5 Å². The summed E-state index contributed by atoms with van der Waals surface area (Å²) in [7, 11) is 0. The molecule has 1 atom stereocenters. The van der Waals surface area contributed by atoms with Crippen molar-refractivity contribution < 1.29 is 0 Å². The molecule has 2 nitrogen and oxygen atoms in total. The second kappa shape index (κ2) is 3.66. The Kier molecular flexibility index (Phi) is 2.30. The van der Waals surface area contributed by atoms with Crippen LogP contribution in [0.25, 0.3) is 0 Å².